The van der Waals surface area contributed by atoms with E-state index in [9.17, 15) is 13.9 Å². The van der Waals surface area contributed by atoms with Crippen LogP contribution >= 0.6 is 0 Å². The molecule has 0 saturated heterocycles. The van der Waals surface area contributed by atoms with E-state index >= 15 is 0 Å². The SMILES string of the molecule is CCc1ccc(CC(O)Cc2c(F)cccc2F)nc1. The first kappa shape index (κ1) is 14.6. The van der Waals surface area contributed by atoms with Gasteiger partial charge in [-0.1, -0.05) is 19.1 Å². The third kappa shape index (κ3) is 3.61. The maximum absolute atomic E-state index is 13.5. The fourth-order valence-corrected chi connectivity index (χ4v) is 2.06. The van der Waals surface area contributed by atoms with Gasteiger partial charge in [0.1, 0.15) is 11.6 Å². The van der Waals surface area contributed by atoms with Gasteiger partial charge < -0.3 is 5.11 Å². The molecule has 20 heavy (non-hydrogen) atoms. The topological polar surface area (TPSA) is 33.1 Å². The molecule has 0 saturated carbocycles. The van der Waals surface area contributed by atoms with Crippen LogP contribution in [0.5, 0.6) is 0 Å². The molecule has 1 aromatic heterocycles. The van der Waals surface area contributed by atoms with Crippen molar-refractivity contribution in [1.82, 2.24) is 4.98 Å². The van der Waals surface area contributed by atoms with E-state index in [0.29, 0.717) is 5.69 Å². The van der Waals surface area contributed by atoms with Gasteiger partial charge in [-0.2, -0.15) is 0 Å². The molecule has 2 nitrogen and oxygen atoms in total. The second-order valence-corrected chi connectivity index (χ2v) is 4.77. The molecule has 1 heterocycles. The number of benzene rings is 1. The van der Waals surface area contributed by atoms with E-state index in [1.54, 1.807) is 6.20 Å². The first-order valence-electron chi connectivity index (χ1n) is 6.65. The van der Waals surface area contributed by atoms with E-state index < -0.39 is 17.7 Å². The van der Waals surface area contributed by atoms with Crippen LogP contribution in [0.2, 0.25) is 0 Å². The molecule has 0 radical (unpaired) electrons. The normalized spacial score (nSPS) is 12.4. The lowest BCUT2D eigenvalue weighted by atomic mass is 10.0. The molecular formula is C16H17F2NO. The maximum Gasteiger partial charge on any atom is 0.129 e. The number of hydrogen-bond donors (Lipinski definition) is 1. The lowest BCUT2D eigenvalue weighted by Crippen LogP contribution is -2.16. The van der Waals surface area contributed by atoms with Gasteiger partial charge in [0.2, 0.25) is 0 Å². The molecule has 0 aliphatic rings. The number of aliphatic hydroxyl groups excluding tert-OH is 1. The Kier molecular flexibility index (Phi) is 4.79. The van der Waals surface area contributed by atoms with Crippen molar-refractivity contribution < 1.29 is 13.9 Å². The van der Waals surface area contributed by atoms with E-state index in [1.165, 1.54) is 18.2 Å². The molecular weight excluding hydrogens is 260 g/mol. The Hall–Kier alpha value is -1.81. The summed E-state index contributed by atoms with van der Waals surface area (Å²) in [5.41, 5.74) is 1.75. The van der Waals surface area contributed by atoms with Crippen LogP contribution in [0.15, 0.2) is 36.5 Å². The highest BCUT2D eigenvalue weighted by molar-refractivity contribution is 5.21. The van der Waals surface area contributed by atoms with E-state index in [4.69, 9.17) is 0 Å². The summed E-state index contributed by atoms with van der Waals surface area (Å²) in [5.74, 6) is -1.25. The predicted octanol–water partition coefficient (Wildman–Crippen LogP) is 3.07. The van der Waals surface area contributed by atoms with Gasteiger partial charge in [-0.25, -0.2) is 8.78 Å². The minimum Gasteiger partial charge on any atom is -0.392 e. The Morgan fingerprint density at radius 2 is 1.80 bits per heavy atom. The summed E-state index contributed by atoms with van der Waals surface area (Å²) >= 11 is 0. The van der Waals surface area contributed by atoms with Crippen LogP contribution in [0.4, 0.5) is 8.78 Å². The van der Waals surface area contributed by atoms with Crippen LogP contribution in [0.3, 0.4) is 0 Å². The molecule has 1 N–H and O–H groups in total. The maximum atomic E-state index is 13.5. The zero-order valence-electron chi connectivity index (χ0n) is 11.3. The highest BCUT2D eigenvalue weighted by Crippen LogP contribution is 2.15. The summed E-state index contributed by atoms with van der Waals surface area (Å²) in [7, 11) is 0. The lowest BCUT2D eigenvalue weighted by Gasteiger charge is -2.12. The summed E-state index contributed by atoms with van der Waals surface area (Å²) in [6.07, 6.45) is 2.01. The number of aliphatic hydroxyl groups is 1. The van der Waals surface area contributed by atoms with Crippen molar-refractivity contribution in [1.29, 1.82) is 0 Å². The molecule has 0 spiro atoms. The Balaban J connectivity index is 2.03. The van der Waals surface area contributed by atoms with Crippen molar-refractivity contribution >= 4 is 0 Å². The van der Waals surface area contributed by atoms with Crippen molar-refractivity contribution in [3.8, 4) is 0 Å². The number of aryl methyl sites for hydroxylation is 1. The molecule has 2 aromatic rings. The molecule has 2 rings (SSSR count). The minimum atomic E-state index is -0.860. The minimum absolute atomic E-state index is 0.0598. The highest BCUT2D eigenvalue weighted by atomic mass is 19.1. The quantitative estimate of drug-likeness (QED) is 0.911. The standard InChI is InChI=1S/C16H17F2NO/c1-2-11-6-7-12(19-10-11)8-13(20)9-14-15(17)4-3-5-16(14)18/h3-7,10,13,20H,2,8-9H2,1H3. The number of halogens is 2. The van der Waals surface area contributed by atoms with Gasteiger partial charge in [0.15, 0.2) is 0 Å². The summed E-state index contributed by atoms with van der Waals surface area (Å²) < 4.78 is 27.0. The largest absolute Gasteiger partial charge is 0.392 e. The van der Waals surface area contributed by atoms with Crippen LogP contribution in [0.1, 0.15) is 23.7 Å². The number of nitrogens with zero attached hydrogens (tertiary/aromatic N) is 1. The number of rotatable bonds is 5. The zero-order chi connectivity index (χ0) is 14.5. The molecule has 1 aromatic carbocycles. The number of hydrogen-bond acceptors (Lipinski definition) is 2. The molecule has 1 unspecified atom stereocenters. The molecule has 1 atom stereocenters. The van der Waals surface area contributed by atoms with Gasteiger partial charge >= 0.3 is 0 Å². The summed E-state index contributed by atoms with van der Waals surface area (Å²) in [4.78, 5) is 4.23. The molecule has 0 fully saturated rings. The van der Waals surface area contributed by atoms with Gasteiger partial charge in [0.05, 0.1) is 6.10 Å². The Bertz CT molecular complexity index is 549. The smallest absolute Gasteiger partial charge is 0.129 e. The van der Waals surface area contributed by atoms with Crippen LogP contribution in [0, 0.1) is 11.6 Å². The summed E-state index contributed by atoms with van der Waals surface area (Å²) in [6.45, 7) is 2.03. The van der Waals surface area contributed by atoms with Crippen molar-refractivity contribution in [3.63, 3.8) is 0 Å². The van der Waals surface area contributed by atoms with Gasteiger partial charge in [-0.05, 0) is 30.2 Å². The second-order valence-electron chi connectivity index (χ2n) is 4.77. The molecule has 0 aliphatic carbocycles. The predicted molar refractivity (Wildman–Crippen MR) is 73.4 cm³/mol. The summed E-state index contributed by atoms with van der Waals surface area (Å²) in [5, 5.41) is 9.96. The zero-order valence-corrected chi connectivity index (χ0v) is 11.3. The van der Waals surface area contributed by atoms with Crippen LogP contribution in [-0.2, 0) is 19.3 Å². The number of aromatic nitrogens is 1. The average Bonchev–Trinajstić information content (AvgIpc) is 2.44. The molecule has 0 bridgehead atoms. The highest BCUT2D eigenvalue weighted by Gasteiger charge is 2.14. The van der Waals surface area contributed by atoms with Crippen molar-refractivity contribution in [3.05, 3.63) is 65.0 Å². The van der Waals surface area contributed by atoms with Crippen LogP contribution < -0.4 is 0 Å². The van der Waals surface area contributed by atoms with E-state index in [1.807, 2.05) is 19.1 Å². The summed E-state index contributed by atoms with van der Waals surface area (Å²) in [6, 6.07) is 7.48. The fourth-order valence-electron chi connectivity index (χ4n) is 2.06. The Morgan fingerprint density at radius 1 is 1.10 bits per heavy atom. The Labute approximate surface area is 117 Å². The van der Waals surface area contributed by atoms with Crippen molar-refractivity contribution in [2.45, 2.75) is 32.3 Å². The average molecular weight is 277 g/mol. The second kappa shape index (κ2) is 6.57. The van der Waals surface area contributed by atoms with Gasteiger partial charge in [-0.3, -0.25) is 4.98 Å². The monoisotopic (exact) mass is 277 g/mol. The van der Waals surface area contributed by atoms with Gasteiger partial charge in [0, 0.05) is 30.3 Å². The van der Waals surface area contributed by atoms with Crippen LogP contribution in [0.25, 0.3) is 0 Å². The molecule has 106 valence electrons. The molecule has 4 heteroatoms. The third-order valence-electron chi connectivity index (χ3n) is 3.24. The third-order valence-corrected chi connectivity index (χ3v) is 3.24. The van der Waals surface area contributed by atoms with E-state index in [0.717, 1.165) is 12.0 Å². The van der Waals surface area contributed by atoms with Crippen LogP contribution in [-0.4, -0.2) is 16.2 Å². The Morgan fingerprint density at radius 3 is 2.35 bits per heavy atom. The van der Waals surface area contributed by atoms with Gasteiger partial charge in [0.25, 0.3) is 0 Å². The molecule has 0 aliphatic heterocycles. The van der Waals surface area contributed by atoms with Crippen molar-refractivity contribution in [2.24, 2.45) is 0 Å². The first-order chi connectivity index (χ1) is 9.60. The van der Waals surface area contributed by atoms with Gasteiger partial charge in [-0.15, -0.1) is 0 Å². The van der Waals surface area contributed by atoms with Crippen molar-refractivity contribution in [2.75, 3.05) is 0 Å². The first-order valence-corrected chi connectivity index (χ1v) is 6.65. The van der Waals surface area contributed by atoms with E-state index in [-0.39, 0.29) is 18.4 Å². The van der Waals surface area contributed by atoms with E-state index in [2.05, 4.69) is 4.98 Å². The molecule has 0 amide bonds. The number of pyridine rings is 1. The fraction of sp³-hybridized carbons (Fsp3) is 0.312. The lowest BCUT2D eigenvalue weighted by molar-refractivity contribution is 0.171.